The van der Waals surface area contributed by atoms with Gasteiger partial charge in [0, 0.05) is 63.9 Å². The molecular formula is C36H38F4N6O3. The first kappa shape index (κ1) is 34.1. The van der Waals surface area contributed by atoms with Crippen LogP contribution in [-0.2, 0) is 40.1 Å². The molecule has 0 saturated carbocycles. The maximum atomic E-state index is 15.7. The van der Waals surface area contributed by atoms with Crippen molar-refractivity contribution in [1.82, 2.24) is 14.8 Å². The van der Waals surface area contributed by atoms with Crippen molar-refractivity contribution < 1.29 is 31.9 Å². The second-order valence-electron chi connectivity index (χ2n) is 13.2. The molecule has 3 amide bonds. The Bertz CT molecular complexity index is 1830. The van der Waals surface area contributed by atoms with Gasteiger partial charge in [-0.3, -0.25) is 19.3 Å². The molecule has 1 saturated heterocycles. The second-order valence-corrected chi connectivity index (χ2v) is 13.2. The third-order valence-corrected chi connectivity index (χ3v) is 9.32. The summed E-state index contributed by atoms with van der Waals surface area (Å²) < 4.78 is 56.9. The number of rotatable bonds is 6. The van der Waals surface area contributed by atoms with E-state index in [-0.39, 0.29) is 48.3 Å². The van der Waals surface area contributed by atoms with E-state index < -0.39 is 41.3 Å². The van der Waals surface area contributed by atoms with Crippen molar-refractivity contribution in [2.24, 2.45) is 5.92 Å². The molecule has 0 radical (unpaired) electrons. The average molecular weight is 679 g/mol. The normalized spacial score (nSPS) is 19.7. The van der Waals surface area contributed by atoms with Gasteiger partial charge in [0.25, 0.3) is 0 Å². The largest absolute Gasteiger partial charge is 0.416 e. The molecule has 0 bridgehead atoms. The van der Waals surface area contributed by atoms with Crippen molar-refractivity contribution in [2.45, 2.75) is 45.1 Å². The molecule has 258 valence electrons. The van der Waals surface area contributed by atoms with Crippen molar-refractivity contribution in [3.05, 3.63) is 94.4 Å². The van der Waals surface area contributed by atoms with Crippen LogP contribution in [0.3, 0.4) is 0 Å². The fraction of sp³-hybridized carbons (Fsp3) is 0.389. The van der Waals surface area contributed by atoms with E-state index in [1.807, 2.05) is 48.2 Å². The number of pyridine rings is 1. The minimum atomic E-state index is -4.68. The van der Waals surface area contributed by atoms with E-state index in [0.29, 0.717) is 26.1 Å². The lowest BCUT2D eigenvalue weighted by atomic mass is 9.94. The van der Waals surface area contributed by atoms with Gasteiger partial charge in [0.1, 0.15) is 17.7 Å². The Hall–Kier alpha value is -4.78. The van der Waals surface area contributed by atoms with E-state index in [1.165, 1.54) is 31.0 Å². The Labute approximate surface area is 282 Å². The van der Waals surface area contributed by atoms with Crippen molar-refractivity contribution in [2.75, 3.05) is 55.5 Å². The highest BCUT2D eigenvalue weighted by atomic mass is 19.4. The second kappa shape index (κ2) is 13.3. The highest BCUT2D eigenvalue weighted by molar-refractivity contribution is 6.10. The van der Waals surface area contributed by atoms with Gasteiger partial charge in [0.05, 0.1) is 16.9 Å². The number of amides is 3. The molecule has 0 N–H and O–H groups in total. The molecule has 49 heavy (non-hydrogen) atoms. The van der Waals surface area contributed by atoms with Gasteiger partial charge >= 0.3 is 6.18 Å². The number of halogens is 4. The van der Waals surface area contributed by atoms with E-state index in [1.54, 1.807) is 17.0 Å². The Kier molecular flexibility index (Phi) is 9.23. The minimum absolute atomic E-state index is 0.0480. The van der Waals surface area contributed by atoms with Crippen LogP contribution in [0, 0.1) is 18.7 Å². The Morgan fingerprint density at radius 2 is 1.86 bits per heavy atom. The highest BCUT2D eigenvalue weighted by Crippen LogP contribution is 2.42. The van der Waals surface area contributed by atoms with Crippen LogP contribution in [0.1, 0.15) is 34.4 Å². The highest BCUT2D eigenvalue weighted by Gasteiger charge is 2.49. The predicted molar refractivity (Wildman–Crippen MR) is 177 cm³/mol. The van der Waals surface area contributed by atoms with Crippen LogP contribution in [-0.4, -0.2) is 79.3 Å². The lowest BCUT2D eigenvalue weighted by molar-refractivity contribution is -0.137. The molecule has 0 aliphatic carbocycles. The van der Waals surface area contributed by atoms with Crippen LogP contribution in [0.15, 0.2) is 60.7 Å². The smallest absolute Gasteiger partial charge is 0.363 e. The third-order valence-electron chi connectivity index (χ3n) is 9.32. The molecule has 2 atom stereocenters. The zero-order valence-corrected chi connectivity index (χ0v) is 27.8. The quantitative estimate of drug-likeness (QED) is 0.271. The number of carbonyl (C=O) groups is 3. The Morgan fingerprint density at radius 1 is 1.08 bits per heavy atom. The number of anilines is 3. The fourth-order valence-corrected chi connectivity index (χ4v) is 6.99. The molecular weight excluding hydrogens is 640 g/mol. The molecule has 9 nitrogen and oxygen atoms in total. The number of likely N-dealkylation sites (N-methyl/N-ethyl adjacent to an activating group) is 2. The summed E-state index contributed by atoms with van der Waals surface area (Å²) in [7, 11) is 5.34. The van der Waals surface area contributed by atoms with Crippen molar-refractivity contribution in [3.8, 4) is 0 Å². The molecule has 2 aromatic carbocycles. The van der Waals surface area contributed by atoms with Gasteiger partial charge in [-0.2, -0.15) is 13.2 Å². The van der Waals surface area contributed by atoms with E-state index in [0.717, 1.165) is 33.7 Å². The SMILES string of the molecule is Cc1cc(C(F)(F)F)cc(N2C(=O)C[C@@H]3CN(Cc4ccc5c(c4)CCN(C(=O)/C=C/CN(C)C)C5)c4c(F)cccc4N(C)C(=O)[C@H]32)n1. The molecule has 13 heteroatoms. The zero-order valence-electron chi connectivity index (χ0n) is 27.8. The van der Waals surface area contributed by atoms with Crippen LogP contribution in [0.25, 0.3) is 0 Å². The number of hydrogen-bond donors (Lipinski definition) is 0. The molecule has 3 aliphatic rings. The van der Waals surface area contributed by atoms with E-state index >= 15 is 4.39 Å². The predicted octanol–water partition coefficient (Wildman–Crippen LogP) is 4.96. The number of hydrogen-bond acceptors (Lipinski definition) is 6. The van der Waals surface area contributed by atoms with Gasteiger partial charge in [-0.15, -0.1) is 0 Å². The number of para-hydroxylation sites is 1. The molecule has 6 rings (SSSR count). The zero-order chi connectivity index (χ0) is 35.2. The number of carbonyl (C=O) groups excluding carboxylic acids is 3. The number of aromatic nitrogens is 1. The lowest BCUT2D eigenvalue weighted by Gasteiger charge is -2.39. The summed E-state index contributed by atoms with van der Waals surface area (Å²) in [6.45, 7) is 3.44. The van der Waals surface area contributed by atoms with E-state index in [9.17, 15) is 27.6 Å². The standard InChI is InChI=1S/C36H38F4N6O3/c1-22-15-27(36(38,39)40)18-30(41-22)46-32(48)17-26-21-45(34-28(37)7-5-8-29(34)43(4)35(49)33(26)46)19-23-10-11-25-20-44(14-12-24(25)16-23)31(47)9-6-13-42(2)3/h5-11,15-16,18,26,33H,12-14,17,19-21H2,1-4H3/b9-6+/t26-,33+/m1/s1. The molecule has 4 heterocycles. The lowest BCUT2D eigenvalue weighted by Crippen LogP contribution is -2.52. The summed E-state index contributed by atoms with van der Waals surface area (Å²) in [5.41, 5.74) is 2.56. The molecule has 3 aliphatic heterocycles. The number of alkyl halides is 3. The van der Waals surface area contributed by atoms with Gasteiger partial charge < -0.3 is 19.6 Å². The Balaban J connectivity index is 1.31. The first-order valence-corrected chi connectivity index (χ1v) is 16.1. The van der Waals surface area contributed by atoms with Gasteiger partial charge in [-0.1, -0.05) is 30.3 Å². The summed E-state index contributed by atoms with van der Waals surface area (Å²) in [6.07, 6.45) is -0.716. The molecule has 0 unspecified atom stereocenters. The van der Waals surface area contributed by atoms with Crippen molar-refractivity contribution in [1.29, 1.82) is 0 Å². The van der Waals surface area contributed by atoms with Gasteiger partial charge in [0.2, 0.25) is 17.7 Å². The minimum Gasteiger partial charge on any atom is -0.363 e. The number of fused-ring (bicyclic) bond motifs is 3. The summed E-state index contributed by atoms with van der Waals surface area (Å²) >= 11 is 0. The van der Waals surface area contributed by atoms with Crippen molar-refractivity contribution >= 4 is 34.9 Å². The van der Waals surface area contributed by atoms with Crippen LogP contribution >= 0.6 is 0 Å². The summed E-state index contributed by atoms with van der Waals surface area (Å²) in [5.74, 6) is -2.56. The molecule has 1 fully saturated rings. The molecule has 3 aromatic rings. The first-order chi connectivity index (χ1) is 23.2. The third kappa shape index (κ3) is 6.89. The first-order valence-electron chi connectivity index (χ1n) is 16.1. The van der Waals surface area contributed by atoms with Crippen LogP contribution in [0.4, 0.5) is 34.8 Å². The van der Waals surface area contributed by atoms with E-state index in [2.05, 4.69) is 4.98 Å². The summed E-state index contributed by atoms with van der Waals surface area (Å²) in [6, 6.07) is 10.9. The number of nitrogens with zero attached hydrogens (tertiary/aromatic N) is 6. The summed E-state index contributed by atoms with van der Waals surface area (Å²) in [5, 5.41) is 0. The van der Waals surface area contributed by atoms with Gasteiger partial charge in [0.15, 0.2) is 0 Å². The maximum absolute atomic E-state index is 15.7. The Morgan fingerprint density at radius 3 is 2.59 bits per heavy atom. The monoisotopic (exact) mass is 678 g/mol. The number of benzene rings is 2. The van der Waals surface area contributed by atoms with Crippen molar-refractivity contribution in [3.63, 3.8) is 0 Å². The van der Waals surface area contributed by atoms with Gasteiger partial charge in [-0.25, -0.2) is 9.37 Å². The molecule has 0 spiro atoms. The van der Waals surface area contributed by atoms with Crippen LogP contribution in [0.2, 0.25) is 0 Å². The average Bonchev–Trinajstić information content (AvgIpc) is 3.36. The maximum Gasteiger partial charge on any atom is 0.416 e. The van der Waals surface area contributed by atoms with Gasteiger partial charge in [-0.05, 0) is 68.4 Å². The summed E-state index contributed by atoms with van der Waals surface area (Å²) in [4.78, 5) is 52.5. The van der Waals surface area contributed by atoms with Crippen LogP contribution < -0.4 is 14.7 Å². The fourth-order valence-electron chi connectivity index (χ4n) is 6.99. The molecule has 1 aromatic heterocycles. The topological polar surface area (TPSA) is 80.3 Å². The number of aryl methyl sites for hydroxylation is 1. The van der Waals surface area contributed by atoms with Crippen LogP contribution in [0.5, 0.6) is 0 Å². The van der Waals surface area contributed by atoms with E-state index in [4.69, 9.17) is 0 Å².